The maximum Gasteiger partial charge on any atom is 0.137 e. The molecule has 3 aliphatic rings. The van der Waals surface area contributed by atoms with E-state index < -0.39 is 0 Å². The fourth-order valence-corrected chi connectivity index (χ4v) is 12.8. The number of benzene rings is 9. The van der Waals surface area contributed by atoms with Gasteiger partial charge in [-0.15, -0.1) is 0 Å². The minimum absolute atomic E-state index is 0.0486. The van der Waals surface area contributed by atoms with Gasteiger partial charge in [0.15, 0.2) is 0 Å². The molecule has 0 amide bonds. The topological polar surface area (TPSA) is 19.6 Å². The van der Waals surface area contributed by atoms with Gasteiger partial charge in [0.2, 0.25) is 0 Å². The van der Waals surface area contributed by atoms with Crippen molar-refractivity contribution in [2.45, 2.75) is 84.5 Å². The maximum absolute atomic E-state index is 7.12. The van der Waals surface area contributed by atoms with E-state index in [9.17, 15) is 0 Å². The first kappa shape index (κ1) is 40.9. The van der Waals surface area contributed by atoms with Crippen LogP contribution in [0.2, 0.25) is 0 Å². The van der Waals surface area contributed by atoms with Crippen LogP contribution >= 0.6 is 0 Å². The molecule has 10 aromatic rings. The summed E-state index contributed by atoms with van der Waals surface area (Å²) in [7, 11) is 0. The quantitative estimate of drug-likeness (QED) is 0.166. The van der Waals surface area contributed by atoms with E-state index in [4.69, 9.17) is 4.42 Å². The van der Waals surface area contributed by atoms with E-state index in [-0.39, 0.29) is 16.2 Å². The Bertz CT molecular complexity index is 3770. The Morgan fingerprint density at radius 1 is 0.412 bits per heavy atom. The molecule has 0 saturated heterocycles. The van der Waals surface area contributed by atoms with Crippen molar-refractivity contribution in [3.63, 3.8) is 0 Å². The number of anilines is 6. The van der Waals surface area contributed by atoms with Crippen LogP contribution in [-0.2, 0) is 22.7 Å². The molecule has 13 rings (SSSR count). The highest BCUT2D eigenvalue weighted by Crippen LogP contribution is 2.58. The van der Waals surface area contributed by atoms with Crippen LogP contribution in [0.1, 0.15) is 92.5 Å². The Kier molecular flexibility index (Phi) is 8.61. The standard InChI is InChI=1S/C65H56N2O/c1-39-17-13-19-41(35-39)66(55-27-15-25-51-61(55)44-21-9-11-23-49(44)64(51,5)6)43-29-30-47-57(37-43)68-58-38-53-59-46(33-34-63(53,3)4)54(32-31-48(59)60(47)58)67(42-20-14-18-40(2)36-42)56-28-16-26-52-62(56)45-22-10-12-24-50(45)65(52,7)8/h9-32,35-38H,33-34H2,1-8H3. The van der Waals surface area contributed by atoms with E-state index in [2.05, 4.69) is 235 Å². The molecule has 3 nitrogen and oxygen atoms in total. The van der Waals surface area contributed by atoms with E-state index in [1.807, 2.05) is 0 Å². The fraction of sp³-hybridized carbons (Fsp3) is 0.200. The van der Waals surface area contributed by atoms with Gasteiger partial charge in [-0.05, 0) is 159 Å². The zero-order valence-corrected chi connectivity index (χ0v) is 40.4. The number of hydrogen-bond acceptors (Lipinski definition) is 3. The van der Waals surface area contributed by atoms with Crippen LogP contribution in [0, 0.1) is 13.8 Å². The molecule has 3 heteroatoms. The van der Waals surface area contributed by atoms with Gasteiger partial charge >= 0.3 is 0 Å². The molecular formula is C65H56N2O. The molecule has 0 saturated carbocycles. The highest BCUT2D eigenvalue weighted by atomic mass is 16.3. The van der Waals surface area contributed by atoms with Crippen molar-refractivity contribution in [1.82, 2.24) is 0 Å². The molecular weight excluding hydrogens is 825 g/mol. The van der Waals surface area contributed by atoms with Crippen molar-refractivity contribution in [2.75, 3.05) is 9.80 Å². The van der Waals surface area contributed by atoms with Crippen LogP contribution in [0.4, 0.5) is 34.1 Å². The molecule has 0 aliphatic heterocycles. The molecule has 1 heterocycles. The summed E-state index contributed by atoms with van der Waals surface area (Å²) in [5, 5.41) is 4.96. The van der Waals surface area contributed by atoms with Gasteiger partial charge in [-0.3, -0.25) is 0 Å². The van der Waals surface area contributed by atoms with Crippen molar-refractivity contribution in [3.05, 3.63) is 214 Å². The van der Waals surface area contributed by atoms with Crippen LogP contribution in [0.15, 0.2) is 174 Å². The molecule has 332 valence electrons. The first-order chi connectivity index (χ1) is 32.8. The minimum atomic E-state index is -0.113. The van der Waals surface area contributed by atoms with E-state index >= 15 is 0 Å². The van der Waals surface area contributed by atoms with Gasteiger partial charge in [0.05, 0.1) is 11.4 Å². The molecule has 0 bridgehead atoms. The second-order valence-corrected chi connectivity index (χ2v) is 21.5. The second kappa shape index (κ2) is 14.3. The van der Waals surface area contributed by atoms with E-state index in [0.717, 1.165) is 40.8 Å². The average Bonchev–Trinajstić information content (AvgIpc) is 3.90. The van der Waals surface area contributed by atoms with Gasteiger partial charge in [-0.1, -0.05) is 145 Å². The lowest BCUT2D eigenvalue weighted by molar-refractivity contribution is 0.474. The molecule has 0 fully saturated rings. The molecule has 3 aliphatic carbocycles. The van der Waals surface area contributed by atoms with Crippen LogP contribution in [0.5, 0.6) is 0 Å². The largest absolute Gasteiger partial charge is 0.456 e. The minimum Gasteiger partial charge on any atom is -0.456 e. The number of aryl methyl sites for hydroxylation is 3. The molecule has 0 radical (unpaired) electrons. The molecule has 0 spiro atoms. The summed E-state index contributed by atoms with van der Waals surface area (Å²) < 4.78 is 7.12. The zero-order chi connectivity index (χ0) is 46.4. The van der Waals surface area contributed by atoms with Gasteiger partial charge in [-0.25, -0.2) is 0 Å². The van der Waals surface area contributed by atoms with Gasteiger partial charge in [0.1, 0.15) is 11.2 Å². The molecule has 0 unspecified atom stereocenters. The van der Waals surface area contributed by atoms with Crippen LogP contribution in [0.3, 0.4) is 0 Å². The normalized spacial score (nSPS) is 15.6. The smallest absolute Gasteiger partial charge is 0.137 e. The van der Waals surface area contributed by atoms with Crippen molar-refractivity contribution >= 4 is 66.8 Å². The van der Waals surface area contributed by atoms with Gasteiger partial charge in [-0.2, -0.15) is 0 Å². The van der Waals surface area contributed by atoms with Crippen molar-refractivity contribution < 1.29 is 4.42 Å². The third kappa shape index (κ3) is 5.71. The highest BCUT2D eigenvalue weighted by molar-refractivity contribution is 6.22. The number of fused-ring (bicyclic) bond motifs is 10. The predicted octanol–water partition coefficient (Wildman–Crippen LogP) is 18.1. The van der Waals surface area contributed by atoms with Crippen molar-refractivity contribution in [2.24, 2.45) is 0 Å². The van der Waals surface area contributed by atoms with Crippen LogP contribution < -0.4 is 9.80 Å². The Morgan fingerprint density at radius 2 is 0.941 bits per heavy atom. The van der Waals surface area contributed by atoms with Crippen LogP contribution in [0.25, 0.3) is 55.0 Å². The van der Waals surface area contributed by atoms with E-state index in [1.54, 1.807) is 0 Å². The molecule has 0 N–H and O–H groups in total. The summed E-state index contributed by atoms with van der Waals surface area (Å²) >= 11 is 0. The van der Waals surface area contributed by atoms with Gasteiger partial charge in [0, 0.05) is 61.5 Å². The molecule has 0 atom stereocenters. The molecule has 9 aromatic carbocycles. The Hall–Kier alpha value is -7.36. The van der Waals surface area contributed by atoms with Gasteiger partial charge in [0.25, 0.3) is 0 Å². The van der Waals surface area contributed by atoms with Gasteiger partial charge < -0.3 is 14.2 Å². The lowest BCUT2D eigenvalue weighted by Crippen LogP contribution is -2.24. The lowest BCUT2D eigenvalue weighted by atomic mass is 9.71. The highest BCUT2D eigenvalue weighted by Gasteiger charge is 2.40. The van der Waals surface area contributed by atoms with Crippen molar-refractivity contribution in [1.29, 1.82) is 0 Å². The SMILES string of the molecule is Cc1cccc(N(c2ccc3c(c2)oc2cc4c5c(c(N(c6cccc(C)c6)c6cccc7c6-c6ccccc6C7(C)C)ccc5c23)CCC4(C)C)c2cccc3c2-c2ccccc2C3(C)C)c1. The number of hydrogen-bond donors (Lipinski definition) is 0. The molecule has 1 aromatic heterocycles. The summed E-state index contributed by atoms with van der Waals surface area (Å²) in [4.78, 5) is 5.02. The third-order valence-corrected chi connectivity index (χ3v) is 16.2. The monoisotopic (exact) mass is 880 g/mol. The summed E-state index contributed by atoms with van der Waals surface area (Å²) in [5.74, 6) is 0. The predicted molar refractivity (Wildman–Crippen MR) is 287 cm³/mol. The Balaban J connectivity index is 1.04. The second-order valence-electron chi connectivity index (χ2n) is 21.5. The van der Waals surface area contributed by atoms with E-state index in [1.165, 1.54) is 106 Å². The fourth-order valence-electron chi connectivity index (χ4n) is 12.8. The number of furan rings is 1. The summed E-state index contributed by atoms with van der Waals surface area (Å²) in [6.07, 6.45) is 2.02. The summed E-state index contributed by atoms with van der Waals surface area (Å²) in [6.45, 7) is 18.7. The summed E-state index contributed by atoms with van der Waals surface area (Å²) in [6, 6.07) is 63.8. The zero-order valence-electron chi connectivity index (χ0n) is 40.4. The number of rotatable bonds is 6. The maximum atomic E-state index is 7.12. The Morgan fingerprint density at radius 3 is 1.56 bits per heavy atom. The average molecular weight is 881 g/mol. The van der Waals surface area contributed by atoms with Crippen molar-refractivity contribution in [3.8, 4) is 22.3 Å². The lowest BCUT2D eigenvalue weighted by Gasteiger charge is -2.37. The third-order valence-electron chi connectivity index (χ3n) is 16.2. The summed E-state index contributed by atoms with van der Waals surface area (Å²) in [5.41, 5.74) is 24.6. The first-order valence-electron chi connectivity index (χ1n) is 24.5. The Labute approximate surface area is 400 Å². The van der Waals surface area contributed by atoms with E-state index in [0.29, 0.717) is 0 Å². The first-order valence-corrected chi connectivity index (χ1v) is 24.5. The molecule has 68 heavy (non-hydrogen) atoms. The van der Waals surface area contributed by atoms with Crippen LogP contribution in [-0.4, -0.2) is 0 Å². The number of nitrogens with zero attached hydrogens (tertiary/aromatic N) is 2.